The molecule has 62 heavy (non-hydrogen) atoms. The van der Waals surface area contributed by atoms with Crippen molar-refractivity contribution in [3.05, 3.63) is 230 Å². The molecule has 0 amide bonds. The predicted molar refractivity (Wildman–Crippen MR) is 254 cm³/mol. The molecular formula is C57H38N4O. The van der Waals surface area contributed by atoms with E-state index in [9.17, 15) is 16.4 Å². The smallest absolute Gasteiger partial charge is 0.164 e. The largest absolute Gasteiger partial charge is 0.456 e. The van der Waals surface area contributed by atoms with Crippen molar-refractivity contribution in [1.29, 1.82) is 0 Å². The number of nitrogens with zero attached hydrogens (tertiary/aromatic N) is 4. The molecule has 0 fully saturated rings. The highest BCUT2D eigenvalue weighted by molar-refractivity contribution is 6.13. The zero-order valence-electron chi connectivity index (χ0n) is 53.9. The second-order valence-electron chi connectivity index (χ2n) is 13.5. The number of aromatic nitrogens is 3. The Morgan fingerprint density at radius 3 is 1.27 bits per heavy atom. The van der Waals surface area contributed by atoms with E-state index in [0.717, 1.165) is 0 Å². The van der Waals surface area contributed by atoms with Gasteiger partial charge in [-0.25, -0.2) is 15.0 Å². The van der Waals surface area contributed by atoms with Crippen LogP contribution >= 0.6 is 0 Å². The first-order chi connectivity index (χ1) is 39.9. The Morgan fingerprint density at radius 2 is 0.774 bits per heavy atom. The van der Waals surface area contributed by atoms with Crippen molar-refractivity contribution in [2.45, 2.75) is 0 Å². The molecule has 2 heterocycles. The highest BCUT2D eigenvalue weighted by Gasteiger charge is 2.20. The maximum atomic E-state index is 9.83. The first-order valence-electron chi connectivity index (χ1n) is 30.0. The lowest BCUT2D eigenvalue weighted by molar-refractivity contribution is 0.669. The van der Waals surface area contributed by atoms with Crippen LogP contribution in [0.5, 0.6) is 0 Å². The van der Waals surface area contributed by atoms with Gasteiger partial charge in [0, 0.05) is 44.5 Å². The van der Waals surface area contributed by atoms with Gasteiger partial charge >= 0.3 is 0 Å². The van der Waals surface area contributed by atoms with Crippen LogP contribution in [0.2, 0.25) is 0 Å². The van der Waals surface area contributed by atoms with E-state index >= 15 is 0 Å². The molecule has 0 bridgehead atoms. The van der Waals surface area contributed by atoms with Crippen molar-refractivity contribution < 1.29 is 34.6 Å². The molecule has 292 valence electrons. The molecule has 0 spiro atoms. The fourth-order valence-electron chi connectivity index (χ4n) is 6.84. The maximum Gasteiger partial charge on any atom is 0.164 e. The average molecular weight is 817 g/mol. The van der Waals surface area contributed by atoms with Crippen molar-refractivity contribution in [2.75, 3.05) is 4.90 Å². The Morgan fingerprint density at radius 1 is 0.355 bits per heavy atom. The van der Waals surface area contributed by atoms with Crippen LogP contribution in [-0.4, -0.2) is 15.0 Å². The van der Waals surface area contributed by atoms with E-state index in [1.807, 2.05) is 66.7 Å². The number of benzene rings is 9. The summed E-state index contributed by atoms with van der Waals surface area (Å²) in [7, 11) is 0. The fourth-order valence-corrected chi connectivity index (χ4v) is 6.84. The van der Waals surface area contributed by atoms with Crippen LogP contribution in [0.1, 0.15) is 30.2 Å². The Bertz CT molecular complexity index is 4320. The van der Waals surface area contributed by atoms with Crippen LogP contribution in [0, 0.1) is 0 Å². The summed E-state index contributed by atoms with van der Waals surface area (Å²) in [5, 5.41) is 1.12. The van der Waals surface area contributed by atoms with Crippen molar-refractivity contribution in [3.8, 4) is 67.5 Å². The molecule has 2 aromatic heterocycles. The third-order valence-electron chi connectivity index (χ3n) is 9.71. The topological polar surface area (TPSA) is 55.1 Å². The van der Waals surface area contributed by atoms with Crippen molar-refractivity contribution >= 4 is 39.0 Å². The first-order valence-corrected chi connectivity index (χ1v) is 19.0. The van der Waals surface area contributed by atoms with Crippen LogP contribution in [0.15, 0.2) is 234 Å². The standard InChI is InChI=1S/C57H38N4O/c1-5-15-39(16-6-1)41-25-31-47(32-26-41)61(48-33-27-42(28-34-48)40-17-7-2-8-18-40)49-35-29-43(30-36-49)46-37-51(54-50-23-13-14-24-52(50)62-53(54)38-46)57-59-55(44-19-9-3-10-20-44)58-56(60-57)45-21-11-4-12-22-45/h1-38H/i1D,2D,5D,6D,7D,8D,15D,16D,17D,18D,25D,26D,27D,28D,29D,30D,31D,32D,33D,34D,35D,36D. The van der Waals surface area contributed by atoms with Crippen LogP contribution in [-0.2, 0) is 0 Å². The Kier molecular flexibility index (Phi) is 5.21. The molecule has 0 aliphatic heterocycles. The second kappa shape index (κ2) is 16.0. The highest BCUT2D eigenvalue weighted by Crippen LogP contribution is 2.42. The summed E-state index contributed by atoms with van der Waals surface area (Å²) < 4.78 is 205. The molecule has 0 atom stereocenters. The summed E-state index contributed by atoms with van der Waals surface area (Å²) in [5.41, 5.74) is -4.28. The van der Waals surface area contributed by atoms with Crippen molar-refractivity contribution in [3.63, 3.8) is 0 Å². The molecule has 0 unspecified atom stereocenters. The summed E-state index contributed by atoms with van der Waals surface area (Å²) in [5.74, 6) is 0.682. The molecule has 0 N–H and O–H groups in total. The average Bonchev–Trinajstić information content (AvgIpc) is 1.46. The molecule has 5 nitrogen and oxygen atoms in total. The number of para-hydroxylation sites is 1. The number of hydrogen-bond donors (Lipinski definition) is 0. The van der Waals surface area contributed by atoms with Gasteiger partial charge in [-0.05, 0) is 87.8 Å². The zero-order chi connectivity index (χ0) is 60.4. The molecular weight excluding hydrogens is 757 g/mol. The summed E-state index contributed by atoms with van der Waals surface area (Å²) in [6.07, 6.45) is 0. The van der Waals surface area contributed by atoms with E-state index in [4.69, 9.17) is 33.1 Å². The lowest BCUT2D eigenvalue weighted by Gasteiger charge is -2.26. The van der Waals surface area contributed by atoms with Gasteiger partial charge in [0.25, 0.3) is 0 Å². The van der Waals surface area contributed by atoms with Crippen LogP contribution in [0.25, 0.3) is 89.5 Å². The van der Waals surface area contributed by atoms with Gasteiger partial charge in [-0.15, -0.1) is 0 Å². The minimum Gasteiger partial charge on any atom is -0.456 e. The third-order valence-corrected chi connectivity index (χ3v) is 9.71. The van der Waals surface area contributed by atoms with E-state index in [1.54, 1.807) is 24.3 Å². The van der Waals surface area contributed by atoms with Gasteiger partial charge in [-0.2, -0.15) is 0 Å². The third kappa shape index (κ3) is 7.08. The maximum absolute atomic E-state index is 9.83. The van der Waals surface area contributed by atoms with Crippen molar-refractivity contribution in [1.82, 2.24) is 15.0 Å². The van der Waals surface area contributed by atoms with Gasteiger partial charge in [-0.1, -0.05) is 176 Å². The number of anilines is 3. The van der Waals surface area contributed by atoms with Crippen LogP contribution in [0.3, 0.4) is 0 Å². The number of fused-ring (bicyclic) bond motifs is 3. The quantitative estimate of drug-likeness (QED) is 0.145. The van der Waals surface area contributed by atoms with Gasteiger partial charge in [0.15, 0.2) is 17.5 Å². The summed E-state index contributed by atoms with van der Waals surface area (Å²) in [4.78, 5) is 15.2. The minimum absolute atomic E-state index is 0.00837. The van der Waals surface area contributed by atoms with E-state index in [1.165, 1.54) is 6.07 Å². The van der Waals surface area contributed by atoms with Crippen LogP contribution < -0.4 is 4.90 Å². The normalized spacial score (nSPS) is 16.2. The van der Waals surface area contributed by atoms with E-state index in [-0.39, 0.29) is 34.2 Å². The summed E-state index contributed by atoms with van der Waals surface area (Å²) in [6, 6.07) is 6.92. The highest BCUT2D eigenvalue weighted by atomic mass is 16.3. The molecule has 0 aliphatic rings. The monoisotopic (exact) mass is 816 g/mol. The summed E-state index contributed by atoms with van der Waals surface area (Å²) in [6.45, 7) is 0. The predicted octanol–water partition coefficient (Wildman–Crippen LogP) is 15.2. The lowest BCUT2D eigenvalue weighted by Crippen LogP contribution is -2.09. The Balaban J connectivity index is 1.22. The Labute approximate surface area is 390 Å². The second-order valence-corrected chi connectivity index (χ2v) is 13.5. The van der Waals surface area contributed by atoms with E-state index < -0.39 is 172 Å². The van der Waals surface area contributed by atoms with E-state index in [0.29, 0.717) is 37.9 Å². The van der Waals surface area contributed by atoms with Gasteiger partial charge < -0.3 is 9.32 Å². The first kappa shape index (κ1) is 20.2. The zero-order valence-corrected chi connectivity index (χ0v) is 31.9. The van der Waals surface area contributed by atoms with E-state index in [2.05, 4.69) is 0 Å². The number of hydrogen-bond acceptors (Lipinski definition) is 5. The molecule has 11 aromatic rings. The SMILES string of the molecule is [2H]c1c([2H])c([2H])c(-c2c([2H])c([2H])c(N(c3c([2H])c([2H])c(-c4cc(-c5nc(-c6ccccc6)nc(-c6ccccc6)n5)c5c(c4)oc4ccccc45)c([2H])c3[2H])c3c([2H])c([2H])c(-c4c([2H])c([2H])c([2H])c([2H])c4[2H])c([2H])c3[2H])c([2H])c2[2H])c([2H])c1[2H]. The molecule has 11 rings (SSSR count). The summed E-state index contributed by atoms with van der Waals surface area (Å²) >= 11 is 0. The van der Waals surface area contributed by atoms with Gasteiger partial charge in [-0.3, -0.25) is 0 Å². The molecule has 0 aliphatic carbocycles. The molecule has 9 aromatic carbocycles. The number of furan rings is 1. The molecule has 0 saturated carbocycles. The lowest BCUT2D eigenvalue weighted by atomic mass is 9.97. The number of rotatable bonds is 9. The molecule has 0 saturated heterocycles. The van der Waals surface area contributed by atoms with Gasteiger partial charge in [0.05, 0.1) is 30.2 Å². The van der Waals surface area contributed by atoms with Crippen molar-refractivity contribution in [2.24, 2.45) is 0 Å². The minimum atomic E-state index is -1.15. The fraction of sp³-hybridized carbons (Fsp3) is 0. The van der Waals surface area contributed by atoms with Gasteiger partial charge in [0.2, 0.25) is 0 Å². The molecule has 0 radical (unpaired) electrons. The molecule has 5 heteroatoms. The van der Waals surface area contributed by atoms with Crippen LogP contribution in [0.4, 0.5) is 17.1 Å². The van der Waals surface area contributed by atoms with Gasteiger partial charge in [0.1, 0.15) is 11.2 Å². The Hall–Kier alpha value is -8.41.